The van der Waals surface area contributed by atoms with Crippen LogP contribution in [0.3, 0.4) is 0 Å². The molecule has 0 aliphatic rings. The molecule has 6 nitrogen and oxygen atoms in total. The van der Waals surface area contributed by atoms with Crippen molar-refractivity contribution in [3.63, 3.8) is 0 Å². The van der Waals surface area contributed by atoms with Gasteiger partial charge in [0.25, 0.3) is 0 Å². The predicted molar refractivity (Wildman–Crippen MR) is 67.1 cm³/mol. The van der Waals surface area contributed by atoms with Gasteiger partial charge in [0.1, 0.15) is 12.0 Å². The molecule has 17 heavy (non-hydrogen) atoms. The molecule has 0 bridgehead atoms. The summed E-state index contributed by atoms with van der Waals surface area (Å²) in [7, 11) is 0. The summed E-state index contributed by atoms with van der Waals surface area (Å²) >= 11 is 1.55. The van der Waals surface area contributed by atoms with Gasteiger partial charge in [-0.15, -0.1) is 11.3 Å². The number of aromatic nitrogens is 3. The molecule has 3 N–H and O–H groups in total. The van der Waals surface area contributed by atoms with Crippen molar-refractivity contribution < 1.29 is 4.74 Å². The Hall–Kier alpha value is -1.89. The first kappa shape index (κ1) is 11.6. The number of nitrogens with zero attached hydrogens (tertiary/aromatic N) is 3. The second-order valence-corrected chi connectivity index (χ2v) is 3.93. The number of ether oxygens (including phenoxy) is 1. The molecule has 2 rings (SSSR count). The van der Waals surface area contributed by atoms with Crippen molar-refractivity contribution in [3.05, 3.63) is 22.9 Å². The third-order valence-corrected chi connectivity index (χ3v) is 2.68. The average molecular weight is 251 g/mol. The zero-order valence-electron chi connectivity index (χ0n) is 9.38. The van der Waals surface area contributed by atoms with Gasteiger partial charge in [0.2, 0.25) is 5.88 Å². The highest BCUT2D eigenvalue weighted by Crippen LogP contribution is 2.24. The minimum absolute atomic E-state index is 0.406. The van der Waals surface area contributed by atoms with E-state index in [4.69, 9.17) is 10.5 Å². The second-order valence-electron chi connectivity index (χ2n) is 3.21. The van der Waals surface area contributed by atoms with Crippen LogP contribution in [0.4, 0.5) is 11.5 Å². The molecule has 0 unspecified atom stereocenters. The Labute approximate surface area is 103 Å². The number of thiazole rings is 1. The van der Waals surface area contributed by atoms with Crippen molar-refractivity contribution in [3.8, 4) is 5.88 Å². The Balaban J connectivity index is 2.07. The lowest BCUT2D eigenvalue weighted by molar-refractivity contribution is 0.328. The van der Waals surface area contributed by atoms with Crippen LogP contribution in [0.5, 0.6) is 5.88 Å². The number of nitrogens with one attached hydrogen (secondary N) is 1. The summed E-state index contributed by atoms with van der Waals surface area (Å²) < 4.78 is 5.28. The van der Waals surface area contributed by atoms with Crippen molar-refractivity contribution in [2.45, 2.75) is 13.5 Å². The van der Waals surface area contributed by atoms with Crippen LogP contribution in [0.1, 0.15) is 12.6 Å². The molecule has 0 amide bonds. The van der Waals surface area contributed by atoms with Crippen LogP contribution in [0, 0.1) is 0 Å². The van der Waals surface area contributed by atoms with Gasteiger partial charge in [-0.05, 0) is 6.92 Å². The Bertz CT molecular complexity index is 474. The number of anilines is 2. The van der Waals surface area contributed by atoms with Crippen molar-refractivity contribution >= 4 is 22.8 Å². The monoisotopic (exact) mass is 251 g/mol. The van der Waals surface area contributed by atoms with E-state index in [2.05, 4.69) is 20.3 Å². The summed E-state index contributed by atoms with van der Waals surface area (Å²) in [5.74, 6) is 0.972. The maximum Gasteiger partial charge on any atom is 0.242 e. The first-order chi connectivity index (χ1) is 8.31. The van der Waals surface area contributed by atoms with Crippen LogP contribution < -0.4 is 15.8 Å². The molecular formula is C10H13N5OS. The number of hydrogen-bond donors (Lipinski definition) is 2. The van der Waals surface area contributed by atoms with E-state index in [9.17, 15) is 0 Å². The van der Waals surface area contributed by atoms with E-state index in [-0.39, 0.29) is 0 Å². The lowest BCUT2D eigenvalue weighted by atomic mass is 10.4. The quantitative estimate of drug-likeness (QED) is 0.838. The Morgan fingerprint density at radius 3 is 3.00 bits per heavy atom. The van der Waals surface area contributed by atoms with Gasteiger partial charge in [-0.25, -0.2) is 9.97 Å². The van der Waals surface area contributed by atoms with Gasteiger partial charge in [-0.1, -0.05) is 0 Å². The highest BCUT2D eigenvalue weighted by Gasteiger charge is 2.08. The van der Waals surface area contributed by atoms with Crippen molar-refractivity contribution in [2.24, 2.45) is 0 Å². The normalized spacial score (nSPS) is 10.2. The number of nitrogen functional groups attached to an aromatic ring is 1. The lowest BCUT2D eigenvalue weighted by Crippen LogP contribution is -2.08. The Morgan fingerprint density at radius 1 is 1.41 bits per heavy atom. The van der Waals surface area contributed by atoms with Crippen molar-refractivity contribution in [2.75, 3.05) is 17.7 Å². The second kappa shape index (κ2) is 5.44. The molecule has 2 heterocycles. The maximum absolute atomic E-state index is 5.88. The van der Waals surface area contributed by atoms with Crippen LogP contribution in [-0.2, 0) is 6.54 Å². The van der Waals surface area contributed by atoms with E-state index < -0.39 is 0 Å². The van der Waals surface area contributed by atoms with E-state index in [0.717, 1.165) is 5.69 Å². The molecule has 0 fully saturated rings. The molecule has 0 spiro atoms. The van der Waals surface area contributed by atoms with Gasteiger partial charge in [0.15, 0.2) is 5.82 Å². The first-order valence-corrected chi connectivity index (χ1v) is 6.09. The van der Waals surface area contributed by atoms with Gasteiger partial charge >= 0.3 is 0 Å². The largest absolute Gasteiger partial charge is 0.476 e. The molecule has 0 aromatic carbocycles. The highest BCUT2D eigenvalue weighted by atomic mass is 32.1. The van der Waals surface area contributed by atoms with Gasteiger partial charge < -0.3 is 15.8 Å². The summed E-state index contributed by atoms with van der Waals surface area (Å²) in [6.07, 6.45) is 1.42. The van der Waals surface area contributed by atoms with Crippen LogP contribution in [0.15, 0.2) is 17.2 Å². The fourth-order valence-electron chi connectivity index (χ4n) is 1.27. The standard InChI is InChI=1S/C10H13N5OS/c1-2-16-10-8(11)9(13-5-14-10)12-3-7-4-17-6-15-7/h4-6H,2-3,11H2,1H3,(H,12,13,14). The number of hydrogen-bond acceptors (Lipinski definition) is 7. The fraction of sp³-hybridized carbons (Fsp3) is 0.300. The third kappa shape index (κ3) is 2.82. The number of nitrogens with two attached hydrogens (primary N) is 1. The smallest absolute Gasteiger partial charge is 0.242 e. The van der Waals surface area contributed by atoms with Crippen molar-refractivity contribution in [1.82, 2.24) is 15.0 Å². The molecule has 2 aromatic rings. The summed E-state index contributed by atoms with van der Waals surface area (Å²) in [6, 6.07) is 0. The molecule has 90 valence electrons. The average Bonchev–Trinajstić information content (AvgIpc) is 2.83. The topological polar surface area (TPSA) is 86.0 Å². The fourth-order valence-corrected chi connectivity index (χ4v) is 1.83. The lowest BCUT2D eigenvalue weighted by Gasteiger charge is -2.09. The summed E-state index contributed by atoms with van der Waals surface area (Å²) in [6.45, 7) is 2.98. The molecule has 0 aliphatic heterocycles. The van der Waals surface area contributed by atoms with Gasteiger partial charge in [0.05, 0.1) is 24.4 Å². The SMILES string of the molecule is CCOc1ncnc(NCc2cscn2)c1N. The molecule has 2 aromatic heterocycles. The van der Waals surface area contributed by atoms with Gasteiger partial charge in [-0.3, -0.25) is 0 Å². The molecule has 0 aliphatic carbocycles. The molecule has 0 saturated heterocycles. The summed E-state index contributed by atoms with van der Waals surface area (Å²) in [5, 5.41) is 5.07. The molecular weight excluding hydrogens is 238 g/mol. The van der Waals surface area contributed by atoms with E-state index in [1.807, 2.05) is 12.3 Å². The Morgan fingerprint density at radius 2 is 2.29 bits per heavy atom. The molecule has 0 radical (unpaired) electrons. The summed E-state index contributed by atoms with van der Waals surface area (Å²) in [4.78, 5) is 12.2. The Kier molecular flexibility index (Phi) is 3.71. The molecule has 7 heteroatoms. The first-order valence-electron chi connectivity index (χ1n) is 5.15. The van der Waals surface area contributed by atoms with Crippen LogP contribution in [0.25, 0.3) is 0 Å². The number of rotatable bonds is 5. The zero-order chi connectivity index (χ0) is 12.1. The zero-order valence-corrected chi connectivity index (χ0v) is 10.2. The minimum Gasteiger partial charge on any atom is -0.476 e. The van der Waals surface area contributed by atoms with E-state index >= 15 is 0 Å². The van der Waals surface area contributed by atoms with Crippen molar-refractivity contribution in [1.29, 1.82) is 0 Å². The maximum atomic E-state index is 5.88. The van der Waals surface area contributed by atoms with Gasteiger partial charge in [0, 0.05) is 5.38 Å². The van der Waals surface area contributed by atoms with E-state index in [1.165, 1.54) is 6.33 Å². The predicted octanol–water partition coefficient (Wildman–Crippen LogP) is 1.53. The van der Waals surface area contributed by atoms with E-state index in [1.54, 1.807) is 16.8 Å². The highest BCUT2D eigenvalue weighted by molar-refractivity contribution is 7.07. The van der Waals surface area contributed by atoms with Crippen LogP contribution in [-0.4, -0.2) is 21.6 Å². The van der Waals surface area contributed by atoms with Gasteiger partial charge in [-0.2, -0.15) is 4.98 Å². The van der Waals surface area contributed by atoms with Crippen LogP contribution in [0.2, 0.25) is 0 Å². The molecule has 0 atom stereocenters. The molecule has 0 saturated carbocycles. The van der Waals surface area contributed by atoms with E-state index in [0.29, 0.717) is 30.5 Å². The minimum atomic E-state index is 0.406. The third-order valence-electron chi connectivity index (χ3n) is 2.05. The summed E-state index contributed by atoms with van der Waals surface area (Å²) in [5.41, 5.74) is 9.03. The van der Waals surface area contributed by atoms with Crippen LogP contribution >= 0.6 is 11.3 Å².